The molecular weight excluding hydrogens is 500 g/mol. The van der Waals surface area contributed by atoms with Crippen molar-refractivity contribution in [2.45, 2.75) is 17.4 Å². The molecule has 2 amide bonds. The molecule has 1 saturated heterocycles. The first-order valence-electron chi connectivity index (χ1n) is 10.3. The molecule has 6 atom stereocenters. The van der Waals surface area contributed by atoms with Crippen LogP contribution in [0.2, 0.25) is 5.02 Å². The molecule has 2 aliphatic carbocycles. The fraction of sp³-hybridized carbons (Fsp3) is 0.348. The van der Waals surface area contributed by atoms with Crippen LogP contribution < -0.4 is 15.4 Å². The van der Waals surface area contributed by atoms with Crippen molar-refractivity contribution in [3.63, 3.8) is 0 Å². The predicted molar refractivity (Wildman–Crippen MR) is 122 cm³/mol. The van der Waals surface area contributed by atoms with Gasteiger partial charge < -0.3 is 20.1 Å². The Balaban J connectivity index is 1.32. The van der Waals surface area contributed by atoms with Gasteiger partial charge in [-0.1, -0.05) is 33.6 Å². The number of nitrogens with one attached hydrogen (secondary N) is 2. The van der Waals surface area contributed by atoms with E-state index in [-0.39, 0.29) is 46.5 Å². The smallest absolute Gasteiger partial charge is 0.310 e. The van der Waals surface area contributed by atoms with Gasteiger partial charge in [-0.3, -0.25) is 14.4 Å². The lowest BCUT2D eigenvalue weighted by Gasteiger charge is -2.27. The number of halogens is 2. The molecule has 2 aromatic carbocycles. The maximum atomic E-state index is 13.1. The summed E-state index contributed by atoms with van der Waals surface area (Å²) in [5.74, 6) is -1.07. The summed E-state index contributed by atoms with van der Waals surface area (Å²) in [6.45, 7) is 0. The lowest BCUT2D eigenvalue weighted by Crippen LogP contribution is -2.40. The van der Waals surface area contributed by atoms with E-state index >= 15 is 0 Å². The highest BCUT2D eigenvalue weighted by Gasteiger charge is 2.67. The fourth-order valence-corrected chi connectivity index (χ4v) is 6.48. The van der Waals surface area contributed by atoms with E-state index in [1.165, 1.54) is 7.11 Å². The molecule has 7 nitrogen and oxygen atoms in total. The molecule has 2 N–H and O–H groups in total. The number of rotatable bonds is 5. The molecule has 2 saturated carbocycles. The van der Waals surface area contributed by atoms with Crippen molar-refractivity contribution < 1.29 is 23.9 Å². The van der Waals surface area contributed by atoms with E-state index in [2.05, 4.69) is 26.6 Å². The first kappa shape index (κ1) is 21.3. The first-order valence-corrected chi connectivity index (χ1v) is 11.6. The summed E-state index contributed by atoms with van der Waals surface area (Å²) in [4.78, 5) is 38.2. The van der Waals surface area contributed by atoms with Crippen LogP contribution in [-0.2, 0) is 14.3 Å². The number of anilines is 2. The molecule has 0 unspecified atom stereocenters. The highest BCUT2D eigenvalue weighted by molar-refractivity contribution is 9.09. The summed E-state index contributed by atoms with van der Waals surface area (Å²) >= 11 is 9.65. The summed E-state index contributed by atoms with van der Waals surface area (Å²) in [7, 11) is 1.50. The quantitative estimate of drug-likeness (QED) is 0.458. The van der Waals surface area contributed by atoms with Crippen LogP contribution in [0.15, 0.2) is 42.5 Å². The number of alkyl halides is 1. The molecule has 0 aromatic heterocycles. The zero-order valence-electron chi connectivity index (χ0n) is 17.0. The molecule has 0 radical (unpaired) electrons. The van der Waals surface area contributed by atoms with Crippen LogP contribution in [0.3, 0.4) is 0 Å². The third-order valence-corrected chi connectivity index (χ3v) is 8.06. The van der Waals surface area contributed by atoms with E-state index in [9.17, 15) is 14.4 Å². The Morgan fingerprint density at radius 2 is 1.97 bits per heavy atom. The minimum Gasteiger partial charge on any atom is -0.495 e. The molecule has 2 aromatic rings. The fourth-order valence-electron chi connectivity index (χ4n) is 5.27. The van der Waals surface area contributed by atoms with Gasteiger partial charge in [-0.05, 0) is 48.7 Å². The molecule has 166 valence electrons. The SMILES string of the molecule is COc1ccc(Cl)cc1NC(=O)c1cccc(NC(=O)[C@@H]2[C@H]3C[C@H]4[C@H](OC(=O)[C@H]42)[C@H]3Br)c1. The molecule has 0 spiro atoms. The number of methoxy groups -OCH3 is 1. The van der Waals surface area contributed by atoms with Crippen LogP contribution in [0.1, 0.15) is 16.8 Å². The molecule has 5 rings (SSSR count). The van der Waals surface area contributed by atoms with Crippen molar-refractivity contribution in [1.29, 1.82) is 0 Å². The van der Waals surface area contributed by atoms with Gasteiger partial charge >= 0.3 is 5.97 Å². The second-order valence-electron chi connectivity index (χ2n) is 8.33. The Morgan fingerprint density at radius 3 is 2.75 bits per heavy atom. The van der Waals surface area contributed by atoms with Gasteiger partial charge in [-0.25, -0.2) is 0 Å². The molecular formula is C23H20BrClN2O5. The van der Waals surface area contributed by atoms with Crippen LogP contribution in [0.4, 0.5) is 11.4 Å². The van der Waals surface area contributed by atoms with E-state index in [1.807, 2.05) is 0 Å². The monoisotopic (exact) mass is 518 g/mol. The van der Waals surface area contributed by atoms with Gasteiger partial charge in [0.1, 0.15) is 11.9 Å². The van der Waals surface area contributed by atoms with E-state index < -0.39 is 5.92 Å². The normalized spacial score (nSPS) is 29.5. The number of carbonyl (C=O) groups is 3. The molecule has 3 fully saturated rings. The zero-order valence-corrected chi connectivity index (χ0v) is 19.4. The van der Waals surface area contributed by atoms with Crippen molar-refractivity contribution in [3.8, 4) is 5.75 Å². The van der Waals surface area contributed by atoms with Crippen LogP contribution in [0, 0.1) is 23.7 Å². The molecule has 3 aliphatic rings. The summed E-state index contributed by atoms with van der Waals surface area (Å²) in [6.07, 6.45) is 0.677. The number of fused-ring (bicyclic) bond motifs is 1. The summed E-state index contributed by atoms with van der Waals surface area (Å²) in [5.41, 5.74) is 1.29. The summed E-state index contributed by atoms with van der Waals surface area (Å²) in [5, 5.41) is 6.13. The average molecular weight is 520 g/mol. The number of ether oxygens (including phenoxy) is 2. The average Bonchev–Trinajstić information content (AvgIpc) is 3.38. The van der Waals surface area contributed by atoms with Crippen molar-refractivity contribution in [2.75, 3.05) is 17.7 Å². The van der Waals surface area contributed by atoms with Crippen LogP contribution in [-0.4, -0.2) is 35.8 Å². The second kappa shape index (κ2) is 8.08. The Bertz CT molecular complexity index is 1130. The maximum absolute atomic E-state index is 13.1. The Kier molecular flexibility index (Phi) is 5.37. The van der Waals surface area contributed by atoms with Gasteiger partial charge in [0.25, 0.3) is 5.91 Å². The highest BCUT2D eigenvalue weighted by atomic mass is 79.9. The van der Waals surface area contributed by atoms with Crippen molar-refractivity contribution >= 4 is 56.7 Å². The molecule has 1 aliphatic heterocycles. The van der Waals surface area contributed by atoms with E-state index in [4.69, 9.17) is 21.1 Å². The third-order valence-electron chi connectivity index (χ3n) is 6.63. The van der Waals surface area contributed by atoms with Crippen molar-refractivity contribution in [2.24, 2.45) is 23.7 Å². The number of hydrogen-bond acceptors (Lipinski definition) is 5. The first-order chi connectivity index (χ1) is 15.4. The summed E-state index contributed by atoms with van der Waals surface area (Å²) in [6, 6.07) is 11.6. The Morgan fingerprint density at radius 1 is 1.16 bits per heavy atom. The van der Waals surface area contributed by atoms with Crippen LogP contribution in [0.5, 0.6) is 5.75 Å². The van der Waals surface area contributed by atoms with Crippen LogP contribution in [0.25, 0.3) is 0 Å². The van der Waals surface area contributed by atoms with E-state index in [0.29, 0.717) is 27.7 Å². The standard InChI is InChI=1S/C23H20BrClN2O5/c1-31-16-6-5-11(25)8-15(16)27-21(28)10-3-2-4-12(7-10)26-22(29)17-13-9-14-18(17)23(30)32-20(14)19(13)24/h2-8,13-14,17-20H,9H2,1H3,(H,26,29)(H,27,28)/t13-,14-,17-,18-,19+,20+/m1/s1. The molecule has 9 heteroatoms. The number of amides is 2. The van der Waals surface area contributed by atoms with Gasteiger partial charge in [-0.15, -0.1) is 0 Å². The lowest BCUT2D eigenvalue weighted by atomic mass is 9.79. The van der Waals surface area contributed by atoms with Crippen molar-refractivity contribution in [1.82, 2.24) is 0 Å². The number of benzene rings is 2. The largest absolute Gasteiger partial charge is 0.495 e. The lowest BCUT2D eigenvalue weighted by molar-refractivity contribution is -0.145. The van der Waals surface area contributed by atoms with Gasteiger partial charge in [0.15, 0.2) is 0 Å². The van der Waals surface area contributed by atoms with Crippen LogP contribution >= 0.6 is 27.5 Å². The second-order valence-corrected chi connectivity index (χ2v) is 9.82. The maximum Gasteiger partial charge on any atom is 0.310 e. The van der Waals surface area contributed by atoms with E-state index in [0.717, 1.165) is 6.42 Å². The third kappa shape index (κ3) is 3.46. The Labute approximate surface area is 197 Å². The zero-order chi connectivity index (χ0) is 22.6. The number of esters is 1. The predicted octanol–water partition coefficient (Wildman–Crippen LogP) is 4.11. The van der Waals surface area contributed by atoms with Gasteiger partial charge in [-0.2, -0.15) is 0 Å². The van der Waals surface area contributed by atoms with Crippen molar-refractivity contribution in [3.05, 3.63) is 53.1 Å². The van der Waals surface area contributed by atoms with Gasteiger partial charge in [0.2, 0.25) is 5.91 Å². The van der Waals surface area contributed by atoms with Gasteiger partial charge in [0, 0.05) is 22.2 Å². The van der Waals surface area contributed by atoms with E-state index in [1.54, 1.807) is 42.5 Å². The molecule has 32 heavy (non-hydrogen) atoms. The molecule has 1 heterocycles. The Hall–Kier alpha value is -2.58. The minimum absolute atomic E-state index is 0.00395. The molecule has 2 bridgehead atoms. The highest BCUT2D eigenvalue weighted by Crippen LogP contribution is 2.60. The number of hydrogen-bond donors (Lipinski definition) is 2. The van der Waals surface area contributed by atoms with Gasteiger partial charge in [0.05, 0.1) is 29.5 Å². The minimum atomic E-state index is -0.441. The number of carbonyl (C=O) groups excluding carboxylic acids is 3. The topological polar surface area (TPSA) is 93.7 Å². The summed E-state index contributed by atoms with van der Waals surface area (Å²) < 4.78 is 10.7.